The number of nitrogens with zero attached hydrogens (tertiary/aromatic N) is 3. The lowest BCUT2D eigenvalue weighted by Crippen LogP contribution is -2.03. The summed E-state index contributed by atoms with van der Waals surface area (Å²) < 4.78 is 0. The molecular formula is C17H13ClN4O2S. The van der Waals surface area contributed by atoms with Crippen molar-refractivity contribution in [2.45, 2.75) is 16.8 Å². The van der Waals surface area contributed by atoms with E-state index in [2.05, 4.69) is 15.3 Å². The van der Waals surface area contributed by atoms with Crippen molar-refractivity contribution in [2.75, 3.05) is 5.32 Å². The zero-order valence-corrected chi connectivity index (χ0v) is 14.7. The van der Waals surface area contributed by atoms with Gasteiger partial charge in [0.15, 0.2) is 5.03 Å². The molecule has 0 unspecified atom stereocenters. The second kappa shape index (κ2) is 7.50. The lowest BCUT2D eigenvalue weighted by Gasteiger charge is -2.10. The Balaban J connectivity index is 1.98. The Morgan fingerprint density at radius 3 is 2.52 bits per heavy atom. The molecule has 25 heavy (non-hydrogen) atoms. The van der Waals surface area contributed by atoms with Gasteiger partial charge in [0.25, 0.3) is 0 Å². The first-order chi connectivity index (χ1) is 12.0. The lowest BCUT2D eigenvalue weighted by molar-refractivity contribution is -0.387. The van der Waals surface area contributed by atoms with Gasteiger partial charge in [0, 0.05) is 15.6 Å². The van der Waals surface area contributed by atoms with Crippen LogP contribution in [0.4, 0.5) is 17.2 Å². The van der Waals surface area contributed by atoms with Crippen LogP contribution in [-0.4, -0.2) is 14.9 Å². The summed E-state index contributed by atoms with van der Waals surface area (Å²) in [6.45, 7) is 1.92. The molecule has 1 aromatic heterocycles. The zero-order valence-electron chi connectivity index (χ0n) is 13.1. The Labute approximate surface area is 153 Å². The largest absolute Gasteiger partial charge is 0.343 e. The van der Waals surface area contributed by atoms with Crippen LogP contribution >= 0.6 is 23.4 Å². The van der Waals surface area contributed by atoms with E-state index in [0.717, 1.165) is 16.1 Å². The van der Waals surface area contributed by atoms with E-state index in [1.165, 1.54) is 18.1 Å². The smallest absolute Gasteiger partial charge is 0.334 e. The summed E-state index contributed by atoms with van der Waals surface area (Å²) in [4.78, 5) is 20.1. The lowest BCUT2D eigenvalue weighted by atomic mass is 10.2. The molecule has 3 aromatic rings. The summed E-state index contributed by atoms with van der Waals surface area (Å²) in [5, 5.41) is 15.5. The highest BCUT2D eigenvalue weighted by molar-refractivity contribution is 7.99. The quantitative estimate of drug-likeness (QED) is 0.374. The van der Waals surface area contributed by atoms with E-state index in [-0.39, 0.29) is 16.5 Å². The molecule has 0 bridgehead atoms. The van der Waals surface area contributed by atoms with Gasteiger partial charge in [0.2, 0.25) is 5.82 Å². The van der Waals surface area contributed by atoms with Crippen LogP contribution in [0.25, 0.3) is 0 Å². The molecule has 126 valence electrons. The Hall–Kier alpha value is -2.64. The fraction of sp³-hybridized carbons (Fsp3) is 0.0588. The maximum Gasteiger partial charge on any atom is 0.343 e. The van der Waals surface area contributed by atoms with E-state index in [0.29, 0.717) is 5.02 Å². The van der Waals surface area contributed by atoms with Crippen LogP contribution in [0.1, 0.15) is 5.56 Å². The Morgan fingerprint density at radius 1 is 1.12 bits per heavy atom. The minimum atomic E-state index is -0.473. The standard InChI is InChI=1S/C17H13ClN4O2S/c1-11-4-2-3-5-14(11)21-16-15(22(23)24)17(20-10-19-16)25-13-8-6-12(18)7-9-13/h2-10H,1H3,(H,19,20,21). The van der Waals surface area contributed by atoms with Crippen LogP contribution in [-0.2, 0) is 0 Å². The van der Waals surface area contributed by atoms with Crippen LogP contribution in [0.15, 0.2) is 64.8 Å². The Morgan fingerprint density at radius 2 is 1.84 bits per heavy atom. The minimum Gasteiger partial charge on any atom is -0.334 e. The van der Waals surface area contributed by atoms with Crippen molar-refractivity contribution in [3.8, 4) is 0 Å². The Kier molecular flexibility index (Phi) is 5.16. The van der Waals surface area contributed by atoms with Crippen LogP contribution in [0, 0.1) is 17.0 Å². The van der Waals surface area contributed by atoms with E-state index in [1.54, 1.807) is 24.3 Å². The summed E-state index contributed by atoms with van der Waals surface area (Å²) >= 11 is 7.06. The summed E-state index contributed by atoms with van der Waals surface area (Å²) in [5.41, 5.74) is 1.56. The SMILES string of the molecule is Cc1ccccc1Nc1ncnc(Sc2ccc(Cl)cc2)c1[N+](=O)[O-]. The van der Waals surface area contributed by atoms with Crippen molar-refractivity contribution in [1.82, 2.24) is 9.97 Å². The fourth-order valence-corrected chi connectivity index (χ4v) is 3.14. The molecule has 1 heterocycles. The number of aromatic nitrogens is 2. The summed E-state index contributed by atoms with van der Waals surface area (Å²) in [5.74, 6) is 0.158. The average Bonchev–Trinajstić information content (AvgIpc) is 2.59. The third-order valence-corrected chi connectivity index (χ3v) is 4.65. The topological polar surface area (TPSA) is 81.0 Å². The predicted molar refractivity (Wildman–Crippen MR) is 98.7 cm³/mol. The van der Waals surface area contributed by atoms with Gasteiger partial charge in [-0.1, -0.05) is 41.6 Å². The van der Waals surface area contributed by atoms with Crippen LogP contribution < -0.4 is 5.32 Å². The van der Waals surface area contributed by atoms with Crippen molar-refractivity contribution < 1.29 is 4.92 Å². The predicted octanol–water partition coefficient (Wildman–Crippen LogP) is 5.24. The van der Waals surface area contributed by atoms with Gasteiger partial charge in [-0.15, -0.1) is 0 Å². The van der Waals surface area contributed by atoms with Crippen molar-refractivity contribution in [1.29, 1.82) is 0 Å². The number of benzene rings is 2. The molecule has 0 aliphatic carbocycles. The van der Waals surface area contributed by atoms with Crippen molar-refractivity contribution >= 4 is 40.6 Å². The first-order valence-corrected chi connectivity index (χ1v) is 8.49. The van der Waals surface area contributed by atoms with E-state index in [1.807, 2.05) is 31.2 Å². The van der Waals surface area contributed by atoms with E-state index >= 15 is 0 Å². The van der Waals surface area contributed by atoms with Gasteiger partial charge in [0.1, 0.15) is 6.33 Å². The summed E-state index contributed by atoms with van der Waals surface area (Å²) in [6.07, 6.45) is 1.31. The van der Waals surface area contributed by atoms with Gasteiger partial charge in [-0.05, 0) is 42.8 Å². The molecule has 3 rings (SSSR count). The first-order valence-electron chi connectivity index (χ1n) is 7.30. The third-order valence-electron chi connectivity index (χ3n) is 3.40. The highest BCUT2D eigenvalue weighted by Gasteiger charge is 2.24. The van der Waals surface area contributed by atoms with Crippen molar-refractivity contribution in [3.63, 3.8) is 0 Å². The molecule has 1 N–H and O–H groups in total. The molecule has 6 nitrogen and oxygen atoms in total. The van der Waals surface area contributed by atoms with Gasteiger partial charge in [-0.3, -0.25) is 10.1 Å². The maximum absolute atomic E-state index is 11.6. The molecule has 0 spiro atoms. The molecule has 0 saturated carbocycles. The number of halogens is 1. The van der Waals surface area contributed by atoms with Crippen LogP contribution in [0.3, 0.4) is 0 Å². The highest BCUT2D eigenvalue weighted by Crippen LogP contribution is 2.38. The molecule has 0 aliphatic rings. The highest BCUT2D eigenvalue weighted by atomic mass is 35.5. The molecule has 0 atom stereocenters. The number of rotatable bonds is 5. The molecule has 0 radical (unpaired) electrons. The maximum atomic E-state index is 11.6. The van der Waals surface area contributed by atoms with E-state index in [9.17, 15) is 10.1 Å². The molecule has 8 heteroatoms. The zero-order chi connectivity index (χ0) is 17.8. The minimum absolute atomic E-state index is 0.158. The van der Waals surface area contributed by atoms with Crippen LogP contribution in [0.5, 0.6) is 0 Å². The number of nitrogens with one attached hydrogen (secondary N) is 1. The van der Waals surface area contributed by atoms with Gasteiger partial charge >= 0.3 is 5.69 Å². The van der Waals surface area contributed by atoms with Gasteiger partial charge in [-0.25, -0.2) is 9.97 Å². The second-order valence-electron chi connectivity index (χ2n) is 5.13. The molecule has 2 aromatic carbocycles. The number of hydrogen-bond donors (Lipinski definition) is 1. The summed E-state index contributed by atoms with van der Waals surface area (Å²) in [6, 6.07) is 14.5. The fourth-order valence-electron chi connectivity index (χ4n) is 2.15. The molecular weight excluding hydrogens is 360 g/mol. The number of nitro groups is 1. The van der Waals surface area contributed by atoms with Gasteiger partial charge in [-0.2, -0.15) is 0 Å². The van der Waals surface area contributed by atoms with Crippen molar-refractivity contribution in [3.05, 3.63) is 75.6 Å². The second-order valence-corrected chi connectivity index (χ2v) is 6.63. The number of anilines is 2. The molecule has 0 saturated heterocycles. The van der Waals surface area contributed by atoms with E-state index < -0.39 is 4.92 Å². The number of hydrogen-bond acceptors (Lipinski definition) is 6. The summed E-state index contributed by atoms with van der Waals surface area (Å²) in [7, 11) is 0. The molecule has 0 fully saturated rings. The number of aryl methyl sites for hydroxylation is 1. The average molecular weight is 373 g/mol. The normalized spacial score (nSPS) is 10.5. The molecule has 0 aliphatic heterocycles. The molecule has 0 amide bonds. The first kappa shape index (κ1) is 17.2. The Bertz CT molecular complexity index is 919. The number of para-hydroxylation sites is 1. The van der Waals surface area contributed by atoms with Gasteiger partial charge in [0.05, 0.1) is 4.92 Å². The van der Waals surface area contributed by atoms with E-state index in [4.69, 9.17) is 11.6 Å². The third kappa shape index (κ3) is 4.07. The van der Waals surface area contributed by atoms with Gasteiger partial charge < -0.3 is 5.32 Å². The van der Waals surface area contributed by atoms with Crippen LogP contribution in [0.2, 0.25) is 5.02 Å². The van der Waals surface area contributed by atoms with Crippen molar-refractivity contribution in [2.24, 2.45) is 0 Å². The monoisotopic (exact) mass is 372 g/mol.